The van der Waals surface area contributed by atoms with Gasteiger partial charge in [-0.25, -0.2) is 9.97 Å². The molecule has 0 aliphatic heterocycles. The predicted octanol–water partition coefficient (Wildman–Crippen LogP) is 5.01. The molecule has 0 aliphatic carbocycles. The number of benzene rings is 3. The molecule has 116 valence electrons. The lowest BCUT2D eigenvalue weighted by molar-refractivity contribution is -0.384. The molecule has 0 saturated carbocycles. The van der Waals surface area contributed by atoms with Crippen molar-refractivity contribution in [3.63, 3.8) is 0 Å². The number of non-ortho nitro benzene ring substituents is 1. The summed E-state index contributed by atoms with van der Waals surface area (Å²) < 4.78 is 0. The van der Waals surface area contributed by atoms with Crippen molar-refractivity contribution in [1.82, 2.24) is 9.97 Å². The highest BCUT2D eigenvalue weighted by Gasteiger charge is 2.14. The minimum Gasteiger partial charge on any atom is -0.258 e. The van der Waals surface area contributed by atoms with Crippen molar-refractivity contribution in [3.05, 3.63) is 75.9 Å². The Labute approximate surface area is 141 Å². The van der Waals surface area contributed by atoms with Crippen LogP contribution in [0, 0.1) is 10.1 Å². The molecule has 0 fully saturated rings. The smallest absolute Gasteiger partial charge is 0.258 e. The van der Waals surface area contributed by atoms with E-state index < -0.39 is 4.92 Å². The van der Waals surface area contributed by atoms with Gasteiger partial charge in [-0.1, -0.05) is 54.1 Å². The zero-order valence-electron chi connectivity index (χ0n) is 12.3. The maximum absolute atomic E-state index is 10.9. The van der Waals surface area contributed by atoms with Crippen LogP contribution >= 0.6 is 11.6 Å². The number of nitrogens with zero attached hydrogens (tertiary/aromatic N) is 3. The van der Waals surface area contributed by atoms with Gasteiger partial charge in [-0.05, 0) is 16.8 Å². The lowest BCUT2D eigenvalue weighted by Gasteiger charge is -2.07. The molecule has 0 aliphatic rings. The molecule has 0 radical (unpaired) electrons. The van der Waals surface area contributed by atoms with E-state index in [1.165, 1.54) is 12.1 Å². The highest BCUT2D eigenvalue weighted by molar-refractivity contribution is 6.34. The molecule has 0 unspecified atom stereocenters. The number of halogens is 1. The highest BCUT2D eigenvalue weighted by Crippen LogP contribution is 2.31. The Bertz CT molecular complexity index is 1110. The van der Waals surface area contributed by atoms with E-state index in [0.29, 0.717) is 16.7 Å². The summed E-state index contributed by atoms with van der Waals surface area (Å²) in [5.41, 5.74) is 1.41. The molecule has 0 amide bonds. The number of fused-ring (bicyclic) bond motifs is 2. The molecule has 5 nitrogen and oxygen atoms in total. The zero-order chi connectivity index (χ0) is 16.7. The van der Waals surface area contributed by atoms with Crippen LogP contribution in [0.3, 0.4) is 0 Å². The first-order valence-electron chi connectivity index (χ1n) is 7.23. The fourth-order valence-corrected chi connectivity index (χ4v) is 2.96. The summed E-state index contributed by atoms with van der Waals surface area (Å²) in [5.74, 6) is 0.498. The molecule has 1 heterocycles. The second-order valence-electron chi connectivity index (χ2n) is 5.32. The molecule has 4 aromatic rings. The van der Waals surface area contributed by atoms with E-state index in [0.717, 1.165) is 16.3 Å². The zero-order valence-corrected chi connectivity index (χ0v) is 13.1. The molecule has 0 atom stereocenters. The van der Waals surface area contributed by atoms with Crippen molar-refractivity contribution in [2.45, 2.75) is 0 Å². The van der Waals surface area contributed by atoms with E-state index in [1.807, 2.05) is 42.5 Å². The van der Waals surface area contributed by atoms with Gasteiger partial charge >= 0.3 is 0 Å². The summed E-state index contributed by atoms with van der Waals surface area (Å²) in [6.07, 6.45) is 0. The second kappa shape index (κ2) is 5.54. The van der Waals surface area contributed by atoms with Crippen molar-refractivity contribution in [1.29, 1.82) is 0 Å². The molecule has 0 saturated heterocycles. The summed E-state index contributed by atoms with van der Waals surface area (Å²) in [6.45, 7) is 0. The Hall–Kier alpha value is -3.05. The van der Waals surface area contributed by atoms with Crippen LogP contribution in [0.25, 0.3) is 33.1 Å². The molecular weight excluding hydrogens is 326 g/mol. The normalized spacial score (nSPS) is 11.0. The van der Waals surface area contributed by atoms with Crippen LogP contribution in [0.1, 0.15) is 0 Å². The number of hydrogen-bond donors (Lipinski definition) is 0. The van der Waals surface area contributed by atoms with Gasteiger partial charge in [0, 0.05) is 23.1 Å². The standard InChI is InChI=1S/C18H10ClN3O2/c19-17-15-10-12(22(23)24)8-9-16(15)20-18(21-17)14-7-3-5-11-4-1-2-6-13(11)14/h1-10H. The number of rotatable bonds is 2. The Morgan fingerprint density at radius 2 is 1.71 bits per heavy atom. The van der Waals surface area contributed by atoms with Crippen molar-refractivity contribution in [2.75, 3.05) is 0 Å². The van der Waals surface area contributed by atoms with E-state index in [9.17, 15) is 10.1 Å². The number of aromatic nitrogens is 2. The minimum absolute atomic E-state index is 0.0362. The molecule has 24 heavy (non-hydrogen) atoms. The third kappa shape index (κ3) is 2.35. The summed E-state index contributed by atoms with van der Waals surface area (Å²) in [5, 5.41) is 13.7. The first kappa shape index (κ1) is 14.5. The summed E-state index contributed by atoms with van der Waals surface area (Å²) in [6, 6.07) is 18.2. The monoisotopic (exact) mass is 335 g/mol. The Morgan fingerprint density at radius 1 is 0.917 bits per heavy atom. The molecule has 1 aromatic heterocycles. The molecule has 0 bridgehead atoms. The lowest BCUT2D eigenvalue weighted by Crippen LogP contribution is -1.94. The first-order chi connectivity index (χ1) is 11.6. The van der Waals surface area contributed by atoms with Gasteiger partial charge in [-0.15, -0.1) is 0 Å². The summed E-state index contributed by atoms with van der Waals surface area (Å²) in [7, 11) is 0. The van der Waals surface area contributed by atoms with E-state index in [4.69, 9.17) is 11.6 Å². The van der Waals surface area contributed by atoms with Crippen molar-refractivity contribution >= 4 is 39.0 Å². The lowest BCUT2D eigenvalue weighted by atomic mass is 10.0. The highest BCUT2D eigenvalue weighted by atomic mass is 35.5. The van der Waals surface area contributed by atoms with Crippen LogP contribution in [0.5, 0.6) is 0 Å². The van der Waals surface area contributed by atoms with Crippen molar-refractivity contribution < 1.29 is 4.92 Å². The van der Waals surface area contributed by atoms with E-state index >= 15 is 0 Å². The Kier molecular flexibility index (Phi) is 3.36. The van der Waals surface area contributed by atoms with E-state index in [1.54, 1.807) is 6.07 Å². The summed E-state index contributed by atoms with van der Waals surface area (Å²) >= 11 is 6.27. The number of nitro groups is 1. The van der Waals surface area contributed by atoms with Crippen molar-refractivity contribution in [3.8, 4) is 11.4 Å². The van der Waals surface area contributed by atoms with Crippen LogP contribution in [-0.2, 0) is 0 Å². The summed E-state index contributed by atoms with van der Waals surface area (Å²) in [4.78, 5) is 19.3. The molecule has 0 N–H and O–H groups in total. The maximum Gasteiger partial charge on any atom is 0.270 e. The Morgan fingerprint density at radius 3 is 2.54 bits per heavy atom. The average Bonchev–Trinajstić information content (AvgIpc) is 2.60. The van der Waals surface area contributed by atoms with Crippen LogP contribution in [0.4, 0.5) is 5.69 Å². The number of nitro benzene ring substituents is 1. The molecule has 3 aromatic carbocycles. The first-order valence-corrected chi connectivity index (χ1v) is 7.61. The van der Waals surface area contributed by atoms with Gasteiger partial charge in [0.1, 0.15) is 5.15 Å². The molecule has 4 rings (SSSR count). The van der Waals surface area contributed by atoms with Crippen molar-refractivity contribution in [2.24, 2.45) is 0 Å². The van der Waals surface area contributed by atoms with E-state index in [-0.39, 0.29) is 10.8 Å². The predicted molar refractivity (Wildman–Crippen MR) is 94.1 cm³/mol. The van der Waals surface area contributed by atoms with E-state index in [2.05, 4.69) is 9.97 Å². The van der Waals surface area contributed by atoms with Gasteiger partial charge in [0.2, 0.25) is 0 Å². The average molecular weight is 336 g/mol. The van der Waals surface area contributed by atoms with Crippen LogP contribution in [0.2, 0.25) is 5.15 Å². The third-order valence-electron chi connectivity index (χ3n) is 3.87. The molecule has 0 spiro atoms. The second-order valence-corrected chi connectivity index (χ2v) is 5.68. The third-order valence-corrected chi connectivity index (χ3v) is 4.16. The van der Waals surface area contributed by atoms with Gasteiger partial charge in [0.15, 0.2) is 5.82 Å². The Balaban J connectivity index is 1.97. The fourth-order valence-electron chi connectivity index (χ4n) is 2.73. The van der Waals surface area contributed by atoms with Gasteiger partial charge in [0.25, 0.3) is 5.69 Å². The van der Waals surface area contributed by atoms with Crippen LogP contribution in [-0.4, -0.2) is 14.9 Å². The largest absolute Gasteiger partial charge is 0.270 e. The SMILES string of the molecule is O=[N+]([O-])c1ccc2nc(-c3cccc4ccccc34)nc(Cl)c2c1. The minimum atomic E-state index is -0.464. The molecular formula is C18H10ClN3O2. The molecule has 6 heteroatoms. The van der Waals surface area contributed by atoms with Gasteiger partial charge in [-0.3, -0.25) is 10.1 Å². The topological polar surface area (TPSA) is 68.9 Å². The van der Waals surface area contributed by atoms with Gasteiger partial charge < -0.3 is 0 Å². The quantitative estimate of drug-likeness (QED) is 0.293. The van der Waals surface area contributed by atoms with Gasteiger partial charge in [-0.2, -0.15) is 0 Å². The number of hydrogen-bond acceptors (Lipinski definition) is 4. The maximum atomic E-state index is 10.9. The van der Waals surface area contributed by atoms with Crippen LogP contribution in [0.15, 0.2) is 60.7 Å². The fraction of sp³-hybridized carbons (Fsp3) is 0. The van der Waals surface area contributed by atoms with Crippen LogP contribution < -0.4 is 0 Å². The van der Waals surface area contributed by atoms with Gasteiger partial charge in [0.05, 0.1) is 10.4 Å².